The summed E-state index contributed by atoms with van der Waals surface area (Å²) in [5.41, 5.74) is 0. The monoisotopic (exact) mass is 270 g/mol. The Balaban J connectivity index is 2.45. The smallest absolute Gasteiger partial charge is 0.313 e. The van der Waals surface area contributed by atoms with Gasteiger partial charge in [-0.05, 0) is 19.8 Å². The lowest BCUT2D eigenvalue weighted by atomic mass is 9.89. The first-order chi connectivity index (χ1) is 9.11. The summed E-state index contributed by atoms with van der Waals surface area (Å²) in [6.07, 6.45) is 6.26. The fourth-order valence-electron chi connectivity index (χ4n) is 2.58. The van der Waals surface area contributed by atoms with Crippen molar-refractivity contribution in [1.82, 2.24) is 0 Å². The maximum Gasteiger partial charge on any atom is 0.313 e. The fourth-order valence-corrected chi connectivity index (χ4v) is 2.58. The maximum atomic E-state index is 11.9. The number of esters is 2. The number of carbonyl (C=O) groups excluding carboxylic acids is 2. The van der Waals surface area contributed by atoms with E-state index in [-0.39, 0.29) is 24.0 Å². The Morgan fingerprint density at radius 2 is 1.89 bits per heavy atom. The summed E-state index contributed by atoms with van der Waals surface area (Å²) in [6, 6.07) is 0. The molecule has 0 aliphatic carbocycles. The van der Waals surface area contributed by atoms with Crippen molar-refractivity contribution in [3.05, 3.63) is 0 Å². The second-order valence-electron chi connectivity index (χ2n) is 5.24. The van der Waals surface area contributed by atoms with Gasteiger partial charge in [-0.25, -0.2) is 0 Å². The van der Waals surface area contributed by atoms with Crippen LogP contribution in [0.5, 0.6) is 0 Å². The van der Waals surface area contributed by atoms with Crippen LogP contribution >= 0.6 is 0 Å². The standard InChI is InChI=1S/C15H26O4/c1-4-6-7-8-9-10-12-13(15(17)18-5-2)11(3)14(16)19-12/h11-13H,4-10H2,1-3H3/t11-,12+,13-/m1/s1. The average Bonchev–Trinajstić information content (AvgIpc) is 2.65. The number of hydrogen-bond donors (Lipinski definition) is 0. The second kappa shape index (κ2) is 8.18. The summed E-state index contributed by atoms with van der Waals surface area (Å²) in [7, 11) is 0. The first-order valence-electron chi connectivity index (χ1n) is 7.48. The Kier molecular flexibility index (Phi) is 6.89. The van der Waals surface area contributed by atoms with Gasteiger partial charge >= 0.3 is 11.9 Å². The highest BCUT2D eigenvalue weighted by molar-refractivity contribution is 5.85. The molecule has 1 aliphatic rings. The molecule has 0 amide bonds. The minimum absolute atomic E-state index is 0.267. The summed E-state index contributed by atoms with van der Waals surface area (Å²) in [4.78, 5) is 23.5. The van der Waals surface area contributed by atoms with E-state index in [1.165, 1.54) is 19.3 Å². The lowest BCUT2D eigenvalue weighted by molar-refractivity contribution is -0.151. The van der Waals surface area contributed by atoms with Crippen LogP contribution < -0.4 is 0 Å². The van der Waals surface area contributed by atoms with Gasteiger partial charge in [0.05, 0.1) is 12.5 Å². The highest BCUT2D eigenvalue weighted by atomic mass is 16.6. The minimum Gasteiger partial charge on any atom is -0.466 e. The SMILES string of the molecule is CCCCCCC[C@@H]1OC(=O)[C@H](C)[C@H]1C(=O)OCC. The van der Waals surface area contributed by atoms with Crippen molar-refractivity contribution >= 4 is 11.9 Å². The molecule has 1 aliphatic heterocycles. The van der Waals surface area contributed by atoms with Gasteiger partial charge in [0.15, 0.2) is 0 Å². The Hall–Kier alpha value is -1.06. The lowest BCUT2D eigenvalue weighted by Gasteiger charge is -2.17. The van der Waals surface area contributed by atoms with Gasteiger partial charge < -0.3 is 9.47 Å². The molecule has 1 fully saturated rings. The molecule has 0 unspecified atom stereocenters. The zero-order chi connectivity index (χ0) is 14.3. The highest BCUT2D eigenvalue weighted by Gasteiger charge is 2.46. The van der Waals surface area contributed by atoms with Crippen molar-refractivity contribution in [2.24, 2.45) is 11.8 Å². The maximum absolute atomic E-state index is 11.9. The summed E-state index contributed by atoms with van der Waals surface area (Å²) in [5, 5.41) is 0. The van der Waals surface area contributed by atoms with Gasteiger partial charge in [-0.3, -0.25) is 9.59 Å². The van der Waals surface area contributed by atoms with Crippen LogP contribution in [-0.2, 0) is 19.1 Å². The molecule has 1 rings (SSSR count). The molecule has 1 heterocycles. The zero-order valence-electron chi connectivity index (χ0n) is 12.3. The Morgan fingerprint density at radius 1 is 1.21 bits per heavy atom. The molecular weight excluding hydrogens is 244 g/mol. The van der Waals surface area contributed by atoms with Crippen molar-refractivity contribution in [3.8, 4) is 0 Å². The second-order valence-corrected chi connectivity index (χ2v) is 5.24. The van der Waals surface area contributed by atoms with Crippen LogP contribution in [0.15, 0.2) is 0 Å². The normalized spacial score (nSPS) is 26.3. The number of carbonyl (C=O) groups is 2. The van der Waals surface area contributed by atoms with E-state index in [9.17, 15) is 9.59 Å². The number of rotatable bonds is 8. The van der Waals surface area contributed by atoms with E-state index < -0.39 is 5.92 Å². The third-order valence-electron chi connectivity index (χ3n) is 3.73. The summed E-state index contributed by atoms with van der Waals surface area (Å²) in [5.74, 6) is -1.35. The van der Waals surface area contributed by atoms with E-state index in [4.69, 9.17) is 9.47 Å². The third kappa shape index (κ3) is 4.51. The topological polar surface area (TPSA) is 52.6 Å². The number of cyclic esters (lactones) is 1. The van der Waals surface area contributed by atoms with Crippen LogP contribution in [0.2, 0.25) is 0 Å². The molecule has 0 spiro atoms. The molecule has 0 saturated carbocycles. The van der Waals surface area contributed by atoms with E-state index in [0.29, 0.717) is 6.61 Å². The van der Waals surface area contributed by atoms with Crippen molar-refractivity contribution in [3.63, 3.8) is 0 Å². The van der Waals surface area contributed by atoms with E-state index in [2.05, 4.69) is 6.92 Å². The van der Waals surface area contributed by atoms with Gasteiger partial charge in [0.25, 0.3) is 0 Å². The van der Waals surface area contributed by atoms with E-state index in [1.54, 1.807) is 13.8 Å². The van der Waals surface area contributed by atoms with Gasteiger partial charge in [0.1, 0.15) is 12.0 Å². The largest absolute Gasteiger partial charge is 0.466 e. The van der Waals surface area contributed by atoms with Crippen LogP contribution in [0.3, 0.4) is 0 Å². The van der Waals surface area contributed by atoms with Crippen molar-refractivity contribution < 1.29 is 19.1 Å². The fraction of sp³-hybridized carbons (Fsp3) is 0.867. The third-order valence-corrected chi connectivity index (χ3v) is 3.73. The van der Waals surface area contributed by atoms with Crippen LogP contribution in [-0.4, -0.2) is 24.6 Å². The summed E-state index contributed by atoms with van der Waals surface area (Å²) < 4.78 is 10.4. The van der Waals surface area contributed by atoms with Crippen molar-refractivity contribution in [2.75, 3.05) is 6.61 Å². The molecule has 0 bridgehead atoms. The Morgan fingerprint density at radius 3 is 2.53 bits per heavy atom. The van der Waals surface area contributed by atoms with Crippen LogP contribution in [0, 0.1) is 11.8 Å². The number of hydrogen-bond acceptors (Lipinski definition) is 4. The predicted molar refractivity (Wildman–Crippen MR) is 72.5 cm³/mol. The highest BCUT2D eigenvalue weighted by Crippen LogP contribution is 2.32. The molecule has 19 heavy (non-hydrogen) atoms. The van der Waals surface area contributed by atoms with Crippen LogP contribution in [0.25, 0.3) is 0 Å². The molecule has 3 atom stereocenters. The molecule has 0 radical (unpaired) electrons. The molecule has 110 valence electrons. The molecular formula is C15H26O4. The van der Waals surface area contributed by atoms with E-state index in [1.807, 2.05) is 0 Å². The van der Waals surface area contributed by atoms with Crippen LogP contribution in [0.1, 0.15) is 59.3 Å². The Bertz CT molecular complexity index is 301. The number of unbranched alkanes of at least 4 members (excludes halogenated alkanes) is 4. The number of ether oxygens (including phenoxy) is 2. The predicted octanol–water partition coefficient (Wildman–Crippen LogP) is 3.09. The van der Waals surface area contributed by atoms with Crippen LogP contribution in [0.4, 0.5) is 0 Å². The molecule has 0 N–H and O–H groups in total. The summed E-state index contributed by atoms with van der Waals surface area (Å²) in [6.45, 7) is 6.05. The Labute approximate surface area is 115 Å². The molecule has 0 aromatic heterocycles. The van der Waals surface area contributed by atoms with Crippen molar-refractivity contribution in [2.45, 2.75) is 65.4 Å². The molecule has 0 aromatic carbocycles. The van der Waals surface area contributed by atoms with E-state index in [0.717, 1.165) is 19.3 Å². The minimum atomic E-state index is -0.418. The molecule has 4 nitrogen and oxygen atoms in total. The molecule has 1 saturated heterocycles. The van der Waals surface area contributed by atoms with Gasteiger partial charge in [0.2, 0.25) is 0 Å². The summed E-state index contributed by atoms with van der Waals surface area (Å²) >= 11 is 0. The van der Waals surface area contributed by atoms with Gasteiger partial charge in [-0.15, -0.1) is 0 Å². The van der Waals surface area contributed by atoms with Gasteiger partial charge in [-0.2, -0.15) is 0 Å². The van der Waals surface area contributed by atoms with E-state index >= 15 is 0 Å². The first kappa shape index (κ1) is 16.0. The van der Waals surface area contributed by atoms with Gasteiger partial charge in [-0.1, -0.05) is 39.5 Å². The molecule has 0 aromatic rings. The van der Waals surface area contributed by atoms with Gasteiger partial charge in [0, 0.05) is 0 Å². The lowest BCUT2D eigenvalue weighted by Crippen LogP contribution is -2.30. The molecule has 4 heteroatoms. The zero-order valence-corrected chi connectivity index (χ0v) is 12.3. The van der Waals surface area contributed by atoms with Crippen molar-refractivity contribution in [1.29, 1.82) is 0 Å². The first-order valence-corrected chi connectivity index (χ1v) is 7.48. The average molecular weight is 270 g/mol. The quantitative estimate of drug-likeness (QED) is 0.502.